The van der Waals surface area contributed by atoms with Crippen LogP contribution >= 0.6 is 11.6 Å². The molecule has 2 aromatic carbocycles. The molecule has 5 rings (SSSR count). The summed E-state index contributed by atoms with van der Waals surface area (Å²) in [6.45, 7) is 4.22. The van der Waals surface area contributed by atoms with Gasteiger partial charge in [0.15, 0.2) is 0 Å². The predicted octanol–water partition coefficient (Wildman–Crippen LogP) is 5.67. The first-order valence-electron chi connectivity index (χ1n) is 12.6. The molecule has 0 aliphatic carbocycles. The number of amides is 1. The lowest BCUT2D eigenvalue weighted by Crippen LogP contribution is -2.37. The van der Waals surface area contributed by atoms with Crippen molar-refractivity contribution in [2.24, 2.45) is 0 Å². The van der Waals surface area contributed by atoms with E-state index in [-0.39, 0.29) is 12.0 Å². The molecule has 1 aliphatic rings. The van der Waals surface area contributed by atoms with Crippen LogP contribution < -0.4 is 4.74 Å². The third-order valence-electron chi connectivity index (χ3n) is 6.71. The Bertz CT molecular complexity index is 1380. The molecule has 0 N–H and O–H groups in total. The van der Waals surface area contributed by atoms with Crippen molar-refractivity contribution in [3.05, 3.63) is 77.1 Å². The molecule has 1 atom stereocenters. The number of hydrogen-bond acceptors (Lipinski definition) is 5. The number of pyridine rings is 1. The summed E-state index contributed by atoms with van der Waals surface area (Å²) < 4.78 is 13.1. The Kier molecular flexibility index (Phi) is 7.72. The van der Waals surface area contributed by atoms with Gasteiger partial charge in [-0.3, -0.25) is 9.48 Å². The molecule has 1 amide bonds. The SMILES string of the molecule is COc1ccc(-c2nc3cc(Cl)ccc3cc2CN(C[C@@H]2CCCO2)C(=O)CCn2ccc(C)n2)cc1. The number of fused-ring (bicyclic) bond motifs is 1. The van der Waals surface area contributed by atoms with Crippen LogP contribution in [0.25, 0.3) is 22.2 Å². The van der Waals surface area contributed by atoms with Gasteiger partial charge in [0.25, 0.3) is 0 Å². The smallest absolute Gasteiger partial charge is 0.224 e. The number of carbonyl (C=O) groups excluding carboxylic acids is 1. The third-order valence-corrected chi connectivity index (χ3v) is 6.95. The van der Waals surface area contributed by atoms with Crippen molar-refractivity contribution >= 4 is 28.4 Å². The van der Waals surface area contributed by atoms with Gasteiger partial charge in [0.1, 0.15) is 5.75 Å². The quantitative estimate of drug-likeness (QED) is 0.286. The van der Waals surface area contributed by atoms with Gasteiger partial charge in [-0.1, -0.05) is 17.7 Å². The highest BCUT2D eigenvalue weighted by Gasteiger charge is 2.24. The molecular formula is C29H31ClN4O3. The Hall–Kier alpha value is -3.42. The van der Waals surface area contributed by atoms with Gasteiger partial charge in [-0.15, -0.1) is 0 Å². The van der Waals surface area contributed by atoms with E-state index in [2.05, 4.69) is 11.2 Å². The zero-order chi connectivity index (χ0) is 25.8. The maximum atomic E-state index is 13.5. The largest absolute Gasteiger partial charge is 0.497 e. The van der Waals surface area contributed by atoms with E-state index in [0.29, 0.717) is 31.1 Å². The summed E-state index contributed by atoms with van der Waals surface area (Å²) in [5.74, 6) is 0.846. The average molecular weight is 519 g/mol. The third kappa shape index (κ3) is 6.12. The predicted molar refractivity (Wildman–Crippen MR) is 145 cm³/mol. The van der Waals surface area contributed by atoms with E-state index in [4.69, 9.17) is 26.1 Å². The maximum Gasteiger partial charge on any atom is 0.224 e. The fourth-order valence-corrected chi connectivity index (χ4v) is 4.92. The monoisotopic (exact) mass is 518 g/mol. The summed E-state index contributed by atoms with van der Waals surface area (Å²) in [5, 5.41) is 6.04. The van der Waals surface area contributed by atoms with Gasteiger partial charge >= 0.3 is 0 Å². The fraction of sp³-hybridized carbons (Fsp3) is 0.345. The highest BCUT2D eigenvalue weighted by molar-refractivity contribution is 6.31. The van der Waals surface area contributed by atoms with Crippen molar-refractivity contribution in [3.8, 4) is 17.0 Å². The van der Waals surface area contributed by atoms with Gasteiger partial charge in [-0.2, -0.15) is 5.10 Å². The number of hydrogen-bond donors (Lipinski definition) is 0. The minimum absolute atomic E-state index is 0.0487. The van der Waals surface area contributed by atoms with E-state index in [1.165, 1.54) is 0 Å². The first kappa shape index (κ1) is 25.2. The van der Waals surface area contributed by atoms with Crippen LogP contribution in [0.2, 0.25) is 5.02 Å². The zero-order valence-corrected chi connectivity index (χ0v) is 21.9. The molecule has 1 fully saturated rings. The van der Waals surface area contributed by atoms with Gasteiger partial charge in [0.05, 0.1) is 30.1 Å². The van der Waals surface area contributed by atoms with Crippen LogP contribution in [0.1, 0.15) is 30.5 Å². The number of nitrogens with zero attached hydrogens (tertiary/aromatic N) is 4. The number of aromatic nitrogens is 3. The van der Waals surface area contributed by atoms with Crippen LogP contribution in [0.15, 0.2) is 60.8 Å². The topological polar surface area (TPSA) is 69.5 Å². The second-order valence-corrected chi connectivity index (χ2v) is 9.88. The number of carbonyl (C=O) groups is 1. The van der Waals surface area contributed by atoms with Crippen molar-refractivity contribution in [1.29, 1.82) is 0 Å². The summed E-state index contributed by atoms with van der Waals surface area (Å²) >= 11 is 6.27. The Morgan fingerprint density at radius 2 is 2.03 bits per heavy atom. The van der Waals surface area contributed by atoms with Crippen molar-refractivity contribution in [2.75, 3.05) is 20.3 Å². The standard InChI is InChI=1S/C29H31ClN4O3/c1-20-11-13-34(32-20)14-12-28(35)33(19-26-4-3-15-37-26)18-23-16-22-5-8-24(30)17-27(22)31-29(23)21-6-9-25(36-2)10-7-21/h5-11,13,16-17,26H,3-4,12,14-15,18-19H2,1-2H3/t26-/m0/s1. The summed E-state index contributed by atoms with van der Waals surface area (Å²) in [7, 11) is 1.65. The Morgan fingerprint density at radius 3 is 2.73 bits per heavy atom. The molecule has 0 unspecified atom stereocenters. The molecule has 37 heavy (non-hydrogen) atoms. The van der Waals surface area contributed by atoms with Crippen LogP contribution in [0.4, 0.5) is 0 Å². The molecule has 0 saturated carbocycles. The molecular weight excluding hydrogens is 488 g/mol. The molecule has 3 heterocycles. The molecule has 0 bridgehead atoms. The van der Waals surface area contributed by atoms with Gasteiger partial charge in [-0.05, 0) is 73.9 Å². The molecule has 0 spiro atoms. The number of rotatable bonds is 9. The molecule has 1 saturated heterocycles. The number of ether oxygens (including phenoxy) is 2. The minimum atomic E-state index is 0.0487. The summed E-state index contributed by atoms with van der Waals surface area (Å²) in [4.78, 5) is 20.4. The molecule has 8 heteroatoms. The number of halogens is 1. The van der Waals surface area contributed by atoms with E-state index in [9.17, 15) is 4.79 Å². The zero-order valence-electron chi connectivity index (χ0n) is 21.2. The first-order valence-corrected chi connectivity index (χ1v) is 13.0. The number of methoxy groups -OCH3 is 1. The molecule has 1 aliphatic heterocycles. The van der Waals surface area contributed by atoms with Crippen molar-refractivity contribution in [3.63, 3.8) is 0 Å². The Morgan fingerprint density at radius 1 is 1.19 bits per heavy atom. The van der Waals surface area contributed by atoms with E-state index in [1.54, 1.807) is 7.11 Å². The lowest BCUT2D eigenvalue weighted by atomic mass is 10.0. The molecule has 192 valence electrons. The van der Waals surface area contributed by atoms with Crippen LogP contribution in [0.5, 0.6) is 5.75 Å². The summed E-state index contributed by atoms with van der Waals surface area (Å²) in [6.07, 6.45) is 4.30. The van der Waals surface area contributed by atoms with E-state index in [0.717, 1.165) is 58.6 Å². The van der Waals surface area contributed by atoms with Crippen LogP contribution in [-0.4, -0.2) is 51.9 Å². The summed E-state index contributed by atoms with van der Waals surface area (Å²) in [5.41, 5.74) is 4.50. The Balaban J connectivity index is 1.48. The second kappa shape index (κ2) is 11.3. The van der Waals surface area contributed by atoms with Gasteiger partial charge in [-0.25, -0.2) is 4.98 Å². The van der Waals surface area contributed by atoms with Crippen LogP contribution in [-0.2, 0) is 22.6 Å². The lowest BCUT2D eigenvalue weighted by Gasteiger charge is -2.27. The molecule has 0 radical (unpaired) electrons. The maximum absolute atomic E-state index is 13.5. The second-order valence-electron chi connectivity index (χ2n) is 9.44. The van der Waals surface area contributed by atoms with Gasteiger partial charge in [0, 0.05) is 54.8 Å². The normalized spacial score (nSPS) is 15.3. The number of aryl methyl sites for hydroxylation is 2. The van der Waals surface area contributed by atoms with Gasteiger partial charge < -0.3 is 14.4 Å². The molecule has 4 aromatic rings. The van der Waals surface area contributed by atoms with Crippen molar-refractivity contribution in [2.45, 2.75) is 45.4 Å². The van der Waals surface area contributed by atoms with E-state index in [1.807, 2.05) is 71.2 Å². The highest BCUT2D eigenvalue weighted by Crippen LogP contribution is 2.30. The van der Waals surface area contributed by atoms with Crippen LogP contribution in [0.3, 0.4) is 0 Å². The fourth-order valence-electron chi connectivity index (χ4n) is 4.75. The van der Waals surface area contributed by atoms with E-state index >= 15 is 0 Å². The summed E-state index contributed by atoms with van der Waals surface area (Å²) in [6, 6.07) is 17.6. The van der Waals surface area contributed by atoms with Crippen molar-refractivity contribution < 1.29 is 14.3 Å². The molecule has 7 nitrogen and oxygen atoms in total. The lowest BCUT2D eigenvalue weighted by molar-refractivity contribution is -0.133. The Labute approximate surface area is 222 Å². The number of benzene rings is 2. The van der Waals surface area contributed by atoms with Crippen LogP contribution in [0, 0.1) is 6.92 Å². The van der Waals surface area contributed by atoms with Gasteiger partial charge in [0.2, 0.25) is 5.91 Å². The minimum Gasteiger partial charge on any atom is -0.497 e. The highest BCUT2D eigenvalue weighted by atomic mass is 35.5. The average Bonchev–Trinajstić information content (AvgIpc) is 3.58. The van der Waals surface area contributed by atoms with E-state index < -0.39 is 0 Å². The van der Waals surface area contributed by atoms with Crippen molar-refractivity contribution in [1.82, 2.24) is 19.7 Å². The molecule has 2 aromatic heterocycles. The first-order chi connectivity index (χ1) is 18.0.